The van der Waals surface area contributed by atoms with E-state index < -0.39 is 29.8 Å². The number of aliphatic hydroxyl groups is 2. The molecule has 0 aliphatic carbocycles. The Morgan fingerprint density at radius 3 is 1.72 bits per heavy atom. The lowest BCUT2D eigenvalue weighted by atomic mass is 10.1. The molecule has 0 amide bonds. The van der Waals surface area contributed by atoms with Gasteiger partial charge < -0.3 is 53.6 Å². The number of aliphatic hydroxyl groups excluding tert-OH is 2. The largest absolute Gasteiger partial charge is 0.412 e. The van der Waals surface area contributed by atoms with Crippen molar-refractivity contribution in [2.24, 2.45) is 0 Å². The minimum atomic E-state index is -0.851. The molecule has 11 heteroatoms. The van der Waals surface area contributed by atoms with Crippen molar-refractivity contribution in [2.75, 3.05) is 13.2 Å². The van der Waals surface area contributed by atoms with Crippen LogP contribution in [0.3, 0.4) is 0 Å². The molecular weight excluding hydrogens is 428 g/mol. The Labute approximate surface area is 188 Å². The minimum Gasteiger partial charge on any atom is -0.412 e. The molecular formula is C21H38O11. The first-order valence-electron chi connectivity index (χ1n) is 11.0. The fourth-order valence-electron chi connectivity index (χ4n) is 4.57. The zero-order valence-corrected chi connectivity index (χ0v) is 19.6. The van der Waals surface area contributed by atoms with Gasteiger partial charge in [0.25, 0.3) is 0 Å². The molecule has 5 rings (SSSR count). The molecule has 32 heavy (non-hydrogen) atoms. The minimum absolute atomic E-state index is 0. The molecule has 5 saturated heterocycles. The van der Waals surface area contributed by atoms with E-state index in [0.29, 0.717) is 13.0 Å². The summed E-state index contributed by atoms with van der Waals surface area (Å²) in [5.41, 5.74) is 0. The molecule has 0 aromatic heterocycles. The predicted octanol–water partition coefficient (Wildman–Crippen LogP) is 0.186. The van der Waals surface area contributed by atoms with Gasteiger partial charge in [0.05, 0.1) is 25.4 Å². The first-order valence-corrected chi connectivity index (χ1v) is 11.0. The molecule has 5 aliphatic heterocycles. The molecule has 8 unspecified atom stereocenters. The Balaban J connectivity index is 0.000000178. The van der Waals surface area contributed by atoms with Gasteiger partial charge in [-0.15, -0.1) is 0 Å². The van der Waals surface area contributed by atoms with Crippen molar-refractivity contribution in [1.29, 1.82) is 0 Å². The van der Waals surface area contributed by atoms with Crippen molar-refractivity contribution >= 4 is 0 Å². The van der Waals surface area contributed by atoms with Crippen molar-refractivity contribution in [2.45, 2.75) is 121 Å². The Morgan fingerprint density at radius 2 is 1.25 bits per heavy atom. The monoisotopic (exact) mass is 466 g/mol. The van der Waals surface area contributed by atoms with Crippen LogP contribution < -0.4 is 0 Å². The molecule has 0 aromatic rings. The zero-order valence-electron chi connectivity index (χ0n) is 19.6. The maximum absolute atomic E-state index is 9.36. The van der Waals surface area contributed by atoms with Crippen molar-refractivity contribution in [1.82, 2.24) is 0 Å². The van der Waals surface area contributed by atoms with Crippen LogP contribution in [0.2, 0.25) is 0 Å². The van der Waals surface area contributed by atoms with Crippen LogP contribution in [0, 0.1) is 0 Å². The van der Waals surface area contributed by atoms with Crippen LogP contribution in [0.15, 0.2) is 0 Å². The lowest BCUT2D eigenvalue weighted by Gasteiger charge is -2.23. The van der Waals surface area contributed by atoms with E-state index in [1.807, 2.05) is 41.5 Å². The maximum atomic E-state index is 9.36. The standard InChI is InChI=1S/C12H20O5.C9H16O5.H2O/c1-11(2)13-6-9(16-11)7-5-8-10(14-7)17-12(3,4)15-8;1-9(2)13-7-3-6(5(11)4-10)12-8(7)14-9;/h7-10H,5-6H2,1-4H3;5-8,10-11H,3-4H2,1-2H3;1H2. The summed E-state index contributed by atoms with van der Waals surface area (Å²) in [5, 5.41) is 18.1. The third-order valence-corrected chi connectivity index (χ3v) is 5.89. The summed E-state index contributed by atoms with van der Waals surface area (Å²) in [4.78, 5) is 0. The number of fused-ring (bicyclic) bond motifs is 2. The van der Waals surface area contributed by atoms with Crippen LogP contribution in [0.1, 0.15) is 54.4 Å². The highest BCUT2D eigenvalue weighted by atomic mass is 16.8. The van der Waals surface area contributed by atoms with E-state index in [9.17, 15) is 5.11 Å². The van der Waals surface area contributed by atoms with Crippen LogP contribution in [0.5, 0.6) is 0 Å². The van der Waals surface area contributed by atoms with Gasteiger partial charge in [0, 0.05) is 12.8 Å². The lowest BCUT2D eigenvalue weighted by Crippen LogP contribution is -2.33. The fourth-order valence-corrected chi connectivity index (χ4v) is 4.57. The Hall–Kier alpha value is -0.440. The topological polar surface area (TPSA) is 146 Å². The van der Waals surface area contributed by atoms with Crippen LogP contribution in [-0.4, -0.2) is 95.5 Å². The highest BCUT2D eigenvalue weighted by Crippen LogP contribution is 2.40. The molecule has 0 aromatic carbocycles. The molecule has 0 spiro atoms. The van der Waals surface area contributed by atoms with E-state index in [-0.39, 0.29) is 48.9 Å². The van der Waals surface area contributed by atoms with Gasteiger partial charge in [-0.3, -0.25) is 0 Å². The number of ether oxygens (including phenoxy) is 8. The van der Waals surface area contributed by atoms with Crippen molar-refractivity contribution in [3.8, 4) is 0 Å². The highest BCUT2D eigenvalue weighted by molar-refractivity contribution is 4.91. The van der Waals surface area contributed by atoms with Gasteiger partial charge in [-0.25, -0.2) is 0 Å². The molecule has 4 N–H and O–H groups in total. The maximum Gasteiger partial charge on any atom is 0.187 e. The zero-order chi connectivity index (χ0) is 22.6. The molecule has 11 nitrogen and oxygen atoms in total. The van der Waals surface area contributed by atoms with Gasteiger partial charge in [0.2, 0.25) is 0 Å². The van der Waals surface area contributed by atoms with Gasteiger partial charge in [-0.05, 0) is 41.5 Å². The second-order valence-corrected chi connectivity index (χ2v) is 10.0. The molecule has 5 aliphatic rings. The average molecular weight is 467 g/mol. The van der Waals surface area contributed by atoms with E-state index in [4.69, 9.17) is 43.0 Å². The van der Waals surface area contributed by atoms with E-state index in [0.717, 1.165) is 6.42 Å². The third kappa shape index (κ3) is 5.78. The normalized spacial score (nSPS) is 43.7. The summed E-state index contributed by atoms with van der Waals surface area (Å²) in [5.74, 6) is -1.65. The molecule has 0 radical (unpaired) electrons. The average Bonchev–Trinajstić information content (AvgIpc) is 3.39. The van der Waals surface area contributed by atoms with Crippen LogP contribution in [-0.2, 0) is 37.9 Å². The number of rotatable bonds is 3. The van der Waals surface area contributed by atoms with Crippen LogP contribution in [0.4, 0.5) is 0 Å². The molecule has 0 saturated carbocycles. The summed E-state index contributed by atoms with van der Waals surface area (Å²) < 4.78 is 45.1. The molecule has 188 valence electrons. The number of hydrogen-bond acceptors (Lipinski definition) is 10. The highest BCUT2D eigenvalue weighted by Gasteiger charge is 2.52. The summed E-state index contributed by atoms with van der Waals surface area (Å²) >= 11 is 0. The lowest BCUT2D eigenvalue weighted by molar-refractivity contribution is -0.220. The van der Waals surface area contributed by atoms with Gasteiger partial charge in [0.15, 0.2) is 29.9 Å². The first-order chi connectivity index (χ1) is 14.4. The smallest absolute Gasteiger partial charge is 0.187 e. The SMILES string of the molecule is CC1(C)OC2CC(C(O)CO)OC2O1.CC1(C)OCC(C2CC3OC(C)(C)OC3O2)O1.O. The molecule has 5 heterocycles. The molecule has 0 bridgehead atoms. The van der Waals surface area contributed by atoms with Crippen molar-refractivity contribution in [3.05, 3.63) is 0 Å². The van der Waals surface area contributed by atoms with Crippen molar-refractivity contribution in [3.63, 3.8) is 0 Å². The predicted molar refractivity (Wildman–Crippen MR) is 108 cm³/mol. The Bertz CT molecular complexity index is 607. The summed E-state index contributed by atoms with van der Waals surface area (Å²) in [6.45, 7) is 11.6. The van der Waals surface area contributed by atoms with Crippen LogP contribution >= 0.6 is 0 Å². The Kier molecular flexibility index (Phi) is 7.61. The van der Waals surface area contributed by atoms with E-state index in [1.54, 1.807) is 0 Å². The van der Waals surface area contributed by atoms with E-state index >= 15 is 0 Å². The molecule has 8 atom stereocenters. The van der Waals surface area contributed by atoms with Crippen molar-refractivity contribution < 1.29 is 53.6 Å². The first kappa shape index (κ1) is 26.2. The van der Waals surface area contributed by atoms with Gasteiger partial charge in [-0.2, -0.15) is 0 Å². The van der Waals surface area contributed by atoms with E-state index in [1.165, 1.54) is 0 Å². The van der Waals surface area contributed by atoms with E-state index in [2.05, 4.69) is 0 Å². The Morgan fingerprint density at radius 1 is 0.719 bits per heavy atom. The van der Waals surface area contributed by atoms with Gasteiger partial charge in [0.1, 0.15) is 24.4 Å². The second-order valence-electron chi connectivity index (χ2n) is 10.0. The number of hydrogen-bond donors (Lipinski definition) is 2. The molecule has 5 fully saturated rings. The van der Waals surface area contributed by atoms with Crippen LogP contribution in [0.25, 0.3) is 0 Å². The summed E-state index contributed by atoms with van der Waals surface area (Å²) in [7, 11) is 0. The quantitative estimate of drug-likeness (QED) is 0.591. The van der Waals surface area contributed by atoms with Gasteiger partial charge >= 0.3 is 0 Å². The third-order valence-electron chi connectivity index (χ3n) is 5.89. The second kappa shape index (κ2) is 9.31. The summed E-state index contributed by atoms with van der Waals surface area (Å²) in [6.07, 6.45) is -0.665. The van der Waals surface area contributed by atoms with Gasteiger partial charge in [-0.1, -0.05) is 0 Å². The fraction of sp³-hybridized carbons (Fsp3) is 1.00. The summed E-state index contributed by atoms with van der Waals surface area (Å²) in [6, 6.07) is 0.